The molecule has 0 unspecified atom stereocenters. The molecule has 0 fully saturated rings. The Labute approximate surface area is 477 Å². The third-order valence-corrected chi connectivity index (χ3v) is 23.9. The molecule has 0 radical (unpaired) electrons. The molecule has 0 atom stereocenters. The van der Waals surface area contributed by atoms with E-state index >= 15 is 0 Å². The number of benzene rings is 6. The van der Waals surface area contributed by atoms with Crippen molar-refractivity contribution >= 4 is 91.2 Å². The standard InChI is InChI=1S/C73H91BN2SSi/c1-66(2,3)45-24-22-44(23-25-45)49-36-46(67(4,5)6)26-29-58(49)76-59-42-55-54(71(13,14)33-34-72(55,15)16)41-57(59)74-63-50-40-53-56(73(17,18)35-32-70(53,11)12)43-62(50)77-65(63)75(60-38-48(78(19,20)21)39-61(76)64(60)74)47-27-28-51-52(37-47)69(9,10)31-30-68(51,7)8/h22-29,36-43H,30-35H2,1-21H3. The van der Waals surface area contributed by atoms with E-state index in [1.165, 1.54) is 148 Å². The highest BCUT2D eigenvalue weighted by atomic mass is 32.1. The Balaban J connectivity index is 1.26. The molecule has 406 valence electrons. The first-order valence-electron chi connectivity index (χ1n) is 30.0. The summed E-state index contributed by atoms with van der Waals surface area (Å²) in [4.78, 5) is 5.60. The van der Waals surface area contributed by atoms with Gasteiger partial charge in [0.1, 0.15) is 0 Å². The lowest BCUT2D eigenvalue weighted by Gasteiger charge is -2.48. The van der Waals surface area contributed by atoms with Crippen LogP contribution in [0.15, 0.2) is 97.1 Å². The predicted molar refractivity (Wildman–Crippen MR) is 348 cm³/mol. The molecular weight excluding hydrogens is 976 g/mol. The quantitative estimate of drug-likeness (QED) is 0.162. The van der Waals surface area contributed by atoms with Crippen molar-refractivity contribution in [2.45, 2.75) is 226 Å². The van der Waals surface area contributed by atoms with Crippen LogP contribution in [-0.4, -0.2) is 14.8 Å². The van der Waals surface area contributed by atoms with Crippen molar-refractivity contribution in [1.29, 1.82) is 0 Å². The van der Waals surface area contributed by atoms with E-state index in [2.05, 4.69) is 262 Å². The minimum absolute atomic E-state index is 0.0225. The van der Waals surface area contributed by atoms with Crippen molar-refractivity contribution in [1.82, 2.24) is 0 Å². The van der Waals surface area contributed by atoms with Gasteiger partial charge in [-0.05, 0) is 208 Å². The van der Waals surface area contributed by atoms with Gasteiger partial charge in [0.2, 0.25) is 0 Å². The zero-order chi connectivity index (χ0) is 56.2. The maximum atomic E-state index is 2.80. The second kappa shape index (κ2) is 16.9. The second-order valence-electron chi connectivity index (χ2n) is 32.3. The van der Waals surface area contributed by atoms with Crippen LogP contribution < -0.4 is 31.4 Å². The zero-order valence-electron chi connectivity index (χ0n) is 51.9. The molecule has 2 nitrogen and oxygen atoms in total. The molecule has 12 rings (SSSR count). The van der Waals surface area contributed by atoms with E-state index in [0.717, 1.165) is 0 Å². The molecular formula is C73H91BN2SSi. The van der Waals surface area contributed by atoms with Crippen LogP contribution in [0.5, 0.6) is 0 Å². The smallest absolute Gasteiger partial charge is 0.254 e. The Kier molecular flexibility index (Phi) is 11.6. The number of nitrogens with zero attached hydrogens (tertiary/aromatic N) is 2. The largest absolute Gasteiger partial charge is 0.311 e. The molecule has 0 saturated carbocycles. The number of anilines is 6. The van der Waals surface area contributed by atoms with Crippen LogP contribution in [0, 0.1) is 0 Å². The van der Waals surface area contributed by atoms with Crippen LogP contribution >= 0.6 is 11.3 Å². The van der Waals surface area contributed by atoms with E-state index in [1.54, 1.807) is 11.1 Å². The summed E-state index contributed by atoms with van der Waals surface area (Å²) in [5.41, 5.74) is 25.9. The van der Waals surface area contributed by atoms with Crippen LogP contribution in [-0.2, 0) is 43.3 Å². The van der Waals surface area contributed by atoms with Gasteiger partial charge in [-0.25, -0.2) is 0 Å². The van der Waals surface area contributed by atoms with Gasteiger partial charge >= 0.3 is 0 Å². The molecule has 2 aliphatic heterocycles. The second-order valence-corrected chi connectivity index (χ2v) is 38.4. The zero-order valence-corrected chi connectivity index (χ0v) is 53.7. The summed E-state index contributed by atoms with van der Waals surface area (Å²) >= 11 is 2.07. The highest BCUT2D eigenvalue weighted by Crippen LogP contribution is 2.56. The fourth-order valence-corrected chi connectivity index (χ4v) is 17.3. The minimum Gasteiger partial charge on any atom is -0.311 e. The highest BCUT2D eigenvalue weighted by molar-refractivity contribution is 7.26. The molecule has 78 heavy (non-hydrogen) atoms. The Morgan fingerprint density at radius 1 is 0.436 bits per heavy atom. The molecule has 5 aliphatic rings. The lowest BCUT2D eigenvalue weighted by Crippen LogP contribution is -2.62. The third-order valence-electron chi connectivity index (χ3n) is 20.8. The van der Waals surface area contributed by atoms with Crippen LogP contribution in [0.4, 0.5) is 33.4 Å². The molecule has 6 aromatic carbocycles. The Morgan fingerprint density at radius 2 is 0.910 bits per heavy atom. The van der Waals surface area contributed by atoms with Gasteiger partial charge in [-0.15, -0.1) is 11.3 Å². The summed E-state index contributed by atoms with van der Waals surface area (Å²) in [7, 11) is -1.98. The van der Waals surface area contributed by atoms with Crippen molar-refractivity contribution in [2.75, 3.05) is 9.80 Å². The molecule has 0 spiro atoms. The summed E-state index contributed by atoms with van der Waals surface area (Å²) in [5.74, 6) is 0. The third kappa shape index (κ3) is 8.24. The van der Waals surface area contributed by atoms with E-state index < -0.39 is 8.07 Å². The molecule has 0 amide bonds. The van der Waals surface area contributed by atoms with E-state index in [0.29, 0.717) is 0 Å². The van der Waals surface area contributed by atoms with Gasteiger partial charge in [-0.1, -0.05) is 192 Å². The Hall–Kier alpha value is -4.84. The number of fused-ring (bicyclic) bond motifs is 9. The normalized spacial score (nSPS) is 20.1. The average molecular weight is 1070 g/mol. The number of rotatable bonds is 4. The first kappa shape index (κ1) is 53.8. The van der Waals surface area contributed by atoms with Gasteiger partial charge in [0, 0.05) is 33.0 Å². The lowest BCUT2D eigenvalue weighted by molar-refractivity contribution is 0.332. The van der Waals surface area contributed by atoms with Crippen molar-refractivity contribution < 1.29 is 0 Å². The van der Waals surface area contributed by atoms with E-state index in [9.17, 15) is 0 Å². The van der Waals surface area contributed by atoms with Crippen molar-refractivity contribution in [3.05, 3.63) is 142 Å². The van der Waals surface area contributed by atoms with E-state index in [-0.39, 0.29) is 50.0 Å². The SMILES string of the molecule is CC(C)(C)c1ccc(-c2cc(C(C)(C)C)ccc2N2c3cc4c(cc3B3c5c2cc([Si](C)(C)C)cc5N(c2ccc5c(c2)C(C)(C)CCC5(C)C)c2sc5cc6c(cc5c23)C(C)(C)CCC6(C)C)C(C)(C)CCC4(C)C)cc1. The highest BCUT2D eigenvalue weighted by Gasteiger charge is 2.50. The summed E-state index contributed by atoms with van der Waals surface area (Å²) in [6.45, 7) is 51.9. The summed E-state index contributed by atoms with van der Waals surface area (Å²) < 4.78 is 1.43. The van der Waals surface area contributed by atoms with Gasteiger partial charge < -0.3 is 9.80 Å². The first-order valence-corrected chi connectivity index (χ1v) is 34.3. The molecule has 0 N–H and O–H groups in total. The van der Waals surface area contributed by atoms with Crippen molar-refractivity contribution in [3.63, 3.8) is 0 Å². The molecule has 5 heteroatoms. The van der Waals surface area contributed by atoms with Crippen molar-refractivity contribution in [3.8, 4) is 11.1 Å². The van der Waals surface area contributed by atoms with Gasteiger partial charge in [0.05, 0.1) is 18.8 Å². The number of hydrogen-bond donors (Lipinski definition) is 0. The van der Waals surface area contributed by atoms with Crippen molar-refractivity contribution in [2.24, 2.45) is 0 Å². The Morgan fingerprint density at radius 3 is 1.45 bits per heavy atom. The monoisotopic (exact) mass is 1070 g/mol. The lowest BCUT2D eigenvalue weighted by atomic mass is 9.33. The molecule has 7 aromatic rings. The van der Waals surface area contributed by atoms with Crippen LogP contribution in [0.25, 0.3) is 21.2 Å². The topological polar surface area (TPSA) is 6.48 Å². The number of thiophene rings is 1. The van der Waals surface area contributed by atoms with Gasteiger partial charge in [0.25, 0.3) is 6.71 Å². The minimum atomic E-state index is -1.98. The molecule has 0 saturated heterocycles. The van der Waals surface area contributed by atoms with Crippen LogP contribution in [0.1, 0.15) is 208 Å². The predicted octanol–water partition coefficient (Wildman–Crippen LogP) is 18.8. The first-order chi connectivity index (χ1) is 36.0. The fourth-order valence-electron chi connectivity index (χ4n) is 14.9. The van der Waals surface area contributed by atoms with Gasteiger partial charge in [-0.2, -0.15) is 0 Å². The maximum absolute atomic E-state index is 2.80. The molecule has 1 aromatic heterocycles. The summed E-state index contributed by atoms with van der Waals surface area (Å²) in [5, 5.41) is 4.35. The van der Waals surface area contributed by atoms with Crippen LogP contribution in [0.2, 0.25) is 19.6 Å². The van der Waals surface area contributed by atoms with Crippen LogP contribution in [0.3, 0.4) is 0 Å². The molecule has 3 heterocycles. The molecule has 0 bridgehead atoms. The van der Waals surface area contributed by atoms with Gasteiger partial charge in [0.15, 0.2) is 0 Å². The van der Waals surface area contributed by atoms with E-state index in [4.69, 9.17) is 0 Å². The Bertz CT molecular complexity index is 3650. The average Bonchev–Trinajstić information content (AvgIpc) is 3.36. The number of hydrogen-bond acceptors (Lipinski definition) is 3. The van der Waals surface area contributed by atoms with Gasteiger partial charge in [-0.3, -0.25) is 0 Å². The molecule has 3 aliphatic carbocycles. The summed E-state index contributed by atoms with van der Waals surface area (Å²) in [6.07, 6.45) is 7.12. The van der Waals surface area contributed by atoms with E-state index in [1.807, 2.05) is 0 Å². The maximum Gasteiger partial charge on any atom is 0.254 e. The fraction of sp³-hybridized carbons (Fsp3) is 0.479. The summed E-state index contributed by atoms with van der Waals surface area (Å²) in [6, 6.07) is 41.1.